The Morgan fingerprint density at radius 1 is 1.42 bits per heavy atom. The van der Waals surface area contributed by atoms with Crippen LogP contribution in [0.2, 0.25) is 0 Å². The van der Waals surface area contributed by atoms with E-state index in [1.165, 1.54) is 6.39 Å². The normalized spacial score (nSPS) is 31.1. The van der Waals surface area contributed by atoms with Gasteiger partial charge in [0.1, 0.15) is 0 Å². The SMILES string of the molecule is Cc1ncoc1C(=O)N1CCCC1C1CCCC1O. The highest BCUT2D eigenvalue weighted by molar-refractivity contribution is 5.92. The van der Waals surface area contributed by atoms with Crippen molar-refractivity contribution in [2.45, 2.75) is 51.2 Å². The zero-order valence-corrected chi connectivity index (χ0v) is 11.2. The van der Waals surface area contributed by atoms with Crippen LogP contribution in [-0.4, -0.2) is 39.6 Å². The van der Waals surface area contributed by atoms with Gasteiger partial charge in [-0.1, -0.05) is 6.42 Å². The molecule has 5 nitrogen and oxygen atoms in total. The third kappa shape index (κ3) is 2.16. The maximum Gasteiger partial charge on any atom is 0.291 e. The van der Waals surface area contributed by atoms with E-state index in [4.69, 9.17) is 4.42 Å². The second-order valence-electron chi connectivity index (χ2n) is 5.64. The number of hydrogen-bond acceptors (Lipinski definition) is 4. The van der Waals surface area contributed by atoms with Crippen LogP contribution in [0.5, 0.6) is 0 Å². The van der Waals surface area contributed by atoms with E-state index in [1.54, 1.807) is 6.92 Å². The topological polar surface area (TPSA) is 66.6 Å². The van der Waals surface area contributed by atoms with Gasteiger partial charge in [0, 0.05) is 18.5 Å². The molecule has 2 fully saturated rings. The Kier molecular flexibility index (Phi) is 3.31. The van der Waals surface area contributed by atoms with Crippen LogP contribution in [0.1, 0.15) is 48.4 Å². The van der Waals surface area contributed by atoms with Crippen LogP contribution in [0.4, 0.5) is 0 Å². The van der Waals surface area contributed by atoms with Gasteiger partial charge in [-0.3, -0.25) is 4.79 Å². The molecule has 0 spiro atoms. The van der Waals surface area contributed by atoms with Crippen LogP contribution in [0.3, 0.4) is 0 Å². The lowest BCUT2D eigenvalue weighted by Gasteiger charge is -2.30. The number of nitrogens with zero attached hydrogens (tertiary/aromatic N) is 2. The van der Waals surface area contributed by atoms with E-state index in [0.717, 1.165) is 38.6 Å². The second-order valence-corrected chi connectivity index (χ2v) is 5.64. The fourth-order valence-corrected chi connectivity index (χ4v) is 3.55. The van der Waals surface area contributed by atoms with Crippen molar-refractivity contribution in [3.05, 3.63) is 17.8 Å². The van der Waals surface area contributed by atoms with E-state index >= 15 is 0 Å². The monoisotopic (exact) mass is 264 g/mol. The van der Waals surface area contributed by atoms with Crippen molar-refractivity contribution in [2.75, 3.05) is 6.54 Å². The van der Waals surface area contributed by atoms with Gasteiger partial charge in [0.15, 0.2) is 6.39 Å². The van der Waals surface area contributed by atoms with Crippen molar-refractivity contribution >= 4 is 5.91 Å². The number of rotatable bonds is 2. The molecule has 5 heteroatoms. The first-order valence-corrected chi connectivity index (χ1v) is 7.07. The van der Waals surface area contributed by atoms with Gasteiger partial charge in [0.25, 0.3) is 5.91 Å². The van der Waals surface area contributed by atoms with Gasteiger partial charge >= 0.3 is 0 Å². The molecule has 1 saturated heterocycles. The number of aliphatic hydroxyl groups excluding tert-OH is 1. The number of oxazole rings is 1. The molecule has 3 unspecified atom stereocenters. The Hall–Kier alpha value is -1.36. The molecule has 3 rings (SSSR count). The van der Waals surface area contributed by atoms with Gasteiger partial charge in [0.2, 0.25) is 5.76 Å². The zero-order valence-electron chi connectivity index (χ0n) is 11.2. The lowest BCUT2D eigenvalue weighted by molar-refractivity contribution is 0.0502. The van der Waals surface area contributed by atoms with Crippen LogP contribution in [-0.2, 0) is 0 Å². The van der Waals surface area contributed by atoms with E-state index in [0.29, 0.717) is 11.5 Å². The van der Waals surface area contributed by atoms with E-state index in [-0.39, 0.29) is 24.0 Å². The highest BCUT2D eigenvalue weighted by Crippen LogP contribution is 2.36. The Balaban J connectivity index is 1.80. The molecule has 1 aliphatic carbocycles. The smallest absolute Gasteiger partial charge is 0.291 e. The average molecular weight is 264 g/mol. The average Bonchev–Trinajstić information content (AvgIpc) is 3.07. The minimum atomic E-state index is -0.255. The Morgan fingerprint density at radius 3 is 2.89 bits per heavy atom. The number of carbonyl (C=O) groups is 1. The van der Waals surface area contributed by atoms with Gasteiger partial charge < -0.3 is 14.4 Å². The summed E-state index contributed by atoms with van der Waals surface area (Å²) in [5.74, 6) is 0.505. The third-order valence-electron chi connectivity index (χ3n) is 4.53. The Labute approximate surface area is 112 Å². The summed E-state index contributed by atoms with van der Waals surface area (Å²) in [5.41, 5.74) is 0.641. The van der Waals surface area contributed by atoms with Crippen LogP contribution in [0.25, 0.3) is 0 Å². The summed E-state index contributed by atoms with van der Waals surface area (Å²) in [4.78, 5) is 18.4. The largest absolute Gasteiger partial charge is 0.438 e. The van der Waals surface area contributed by atoms with Crippen molar-refractivity contribution in [1.82, 2.24) is 9.88 Å². The lowest BCUT2D eigenvalue weighted by atomic mass is 9.94. The van der Waals surface area contributed by atoms with Crippen molar-refractivity contribution in [3.63, 3.8) is 0 Å². The Morgan fingerprint density at radius 2 is 2.26 bits per heavy atom. The first-order valence-electron chi connectivity index (χ1n) is 7.07. The molecule has 2 heterocycles. The molecular weight excluding hydrogens is 244 g/mol. The molecule has 2 aliphatic rings. The maximum atomic E-state index is 12.5. The van der Waals surface area contributed by atoms with Crippen LogP contribution >= 0.6 is 0 Å². The molecule has 0 radical (unpaired) electrons. The number of aliphatic hydroxyl groups is 1. The van der Waals surface area contributed by atoms with E-state index in [2.05, 4.69) is 4.98 Å². The number of aromatic nitrogens is 1. The molecule has 19 heavy (non-hydrogen) atoms. The summed E-state index contributed by atoms with van der Waals surface area (Å²) in [6.45, 7) is 2.54. The number of amides is 1. The van der Waals surface area contributed by atoms with Crippen molar-refractivity contribution in [2.24, 2.45) is 5.92 Å². The van der Waals surface area contributed by atoms with Gasteiger partial charge in [-0.05, 0) is 32.6 Å². The Bertz CT molecular complexity index is 471. The summed E-state index contributed by atoms with van der Waals surface area (Å²) in [7, 11) is 0. The van der Waals surface area contributed by atoms with Crippen molar-refractivity contribution < 1.29 is 14.3 Å². The number of hydrogen-bond donors (Lipinski definition) is 1. The van der Waals surface area contributed by atoms with Crippen LogP contribution < -0.4 is 0 Å². The predicted octanol–water partition coefficient (Wildman–Crippen LogP) is 1.75. The second kappa shape index (κ2) is 4.96. The van der Waals surface area contributed by atoms with Gasteiger partial charge in [-0.15, -0.1) is 0 Å². The molecule has 1 N–H and O–H groups in total. The molecule has 104 valence electrons. The molecule has 0 aromatic carbocycles. The quantitative estimate of drug-likeness (QED) is 0.883. The molecule has 3 atom stereocenters. The fraction of sp³-hybridized carbons (Fsp3) is 0.714. The first kappa shape index (κ1) is 12.7. The van der Waals surface area contributed by atoms with Gasteiger partial charge in [-0.25, -0.2) is 4.98 Å². The predicted molar refractivity (Wildman–Crippen MR) is 68.6 cm³/mol. The lowest BCUT2D eigenvalue weighted by Crippen LogP contribution is -2.42. The van der Waals surface area contributed by atoms with E-state index in [1.807, 2.05) is 4.90 Å². The fourth-order valence-electron chi connectivity index (χ4n) is 3.55. The molecule has 1 saturated carbocycles. The molecule has 0 bridgehead atoms. The number of likely N-dealkylation sites (tertiary alicyclic amines) is 1. The molecule has 1 aliphatic heterocycles. The van der Waals surface area contributed by atoms with E-state index < -0.39 is 0 Å². The highest BCUT2D eigenvalue weighted by Gasteiger charge is 2.41. The summed E-state index contributed by atoms with van der Waals surface area (Å²) < 4.78 is 5.21. The van der Waals surface area contributed by atoms with Crippen LogP contribution in [0.15, 0.2) is 10.8 Å². The summed E-state index contributed by atoms with van der Waals surface area (Å²) in [6, 6.07) is 0.162. The van der Waals surface area contributed by atoms with E-state index in [9.17, 15) is 9.90 Å². The minimum Gasteiger partial charge on any atom is -0.438 e. The van der Waals surface area contributed by atoms with Crippen molar-refractivity contribution in [1.29, 1.82) is 0 Å². The molecule has 1 aromatic heterocycles. The molecular formula is C14H20N2O3. The van der Waals surface area contributed by atoms with Gasteiger partial charge in [0.05, 0.1) is 11.8 Å². The zero-order chi connectivity index (χ0) is 13.4. The van der Waals surface area contributed by atoms with Gasteiger partial charge in [-0.2, -0.15) is 0 Å². The number of carbonyl (C=O) groups excluding carboxylic acids is 1. The maximum absolute atomic E-state index is 12.5. The molecule has 1 amide bonds. The standard InChI is InChI=1S/C14H20N2O3/c1-9-13(19-8-15-9)14(18)16-7-3-5-11(16)10-4-2-6-12(10)17/h8,10-12,17H,2-7H2,1H3. The summed E-state index contributed by atoms with van der Waals surface area (Å²) in [5, 5.41) is 10.1. The first-order chi connectivity index (χ1) is 9.18. The minimum absolute atomic E-state index is 0.0726. The third-order valence-corrected chi connectivity index (χ3v) is 4.53. The number of aryl methyl sites for hydroxylation is 1. The highest BCUT2D eigenvalue weighted by atomic mass is 16.3. The summed E-state index contributed by atoms with van der Waals surface area (Å²) in [6.07, 6.45) is 6.00. The van der Waals surface area contributed by atoms with Crippen LogP contribution in [0, 0.1) is 12.8 Å². The molecule has 1 aromatic rings. The summed E-state index contributed by atoms with van der Waals surface area (Å²) >= 11 is 0. The van der Waals surface area contributed by atoms with Crippen molar-refractivity contribution in [3.8, 4) is 0 Å².